The molecule has 3 heteroatoms. The van der Waals surface area contributed by atoms with Gasteiger partial charge in [-0.15, -0.1) is 0 Å². The van der Waals surface area contributed by atoms with Gasteiger partial charge < -0.3 is 10.1 Å². The zero-order valence-electron chi connectivity index (χ0n) is 12.2. The number of ether oxygens (including phenoxy) is 1. The number of benzene rings is 2. The lowest BCUT2D eigenvalue weighted by atomic mass is 9.84. The van der Waals surface area contributed by atoms with Gasteiger partial charge >= 0.3 is 0 Å². The van der Waals surface area contributed by atoms with Crippen LogP contribution in [0, 0.1) is 5.92 Å². The molecule has 0 aliphatic carbocycles. The lowest BCUT2D eigenvalue weighted by Gasteiger charge is -2.21. The van der Waals surface area contributed by atoms with Gasteiger partial charge in [-0.2, -0.15) is 0 Å². The minimum Gasteiger partial charge on any atom is -0.496 e. The molecule has 2 nitrogen and oxygen atoms in total. The highest BCUT2D eigenvalue weighted by Crippen LogP contribution is 2.37. The van der Waals surface area contributed by atoms with Crippen LogP contribution in [0.3, 0.4) is 0 Å². The predicted octanol–water partition coefficient (Wildman–Crippen LogP) is 3.89. The second-order valence-corrected chi connectivity index (χ2v) is 6.04. The molecule has 0 aromatic heterocycles. The molecule has 110 valence electrons. The summed E-state index contributed by atoms with van der Waals surface area (Å²) in [6.07, 6.45) is 1.08. The molecular formula is C18H20ClNO. The molecule has 0 amide bonds. The number of hydrogen-bond donors (Lipinski definition) is 1. The molecular weight excluding hydrogens is 282 g/mol. The van der Waals surface area contributed by atoms with E-state index in [-0.39, 0.29) is 0 Å². The summed E-state index contributed by atoms with van der Waals surface area (Å²) in [6, 6.07) is 16.6. The van der Waals surface area contributed by atoms with Gasteiger partial charge in [0.1, 0.15) is 5.75 Å². The average molecular weight is 302 g/mol. The van der Waals surface area contributed by atoms with Crippen molar-refractivity contribution in [3.8, 4) is 5.75 Å². The zero-order valence-corrected chi connectivity index (χ0v) is 12.9. The highest BCUT2D eigenvalue weighted by atomic mass is 35.5. The molecule has 2 atom stereocenters. The SMILES string of the molecule is COc1ccc(Cl)cc1C1CNCC1Cc1ccccc1. The summed E-state index contributed by atoms with van der Waals surface area (Å²) in [6.45, 7) is 2.02. The molecule has 1 aliphatic rings. The third kappa shape index (κ3) is 3.22. The van der Waals surface area contributed by atoms with E-state index in [2.05, 4.69) is 41.7 Å². The van der Waals surface area contributed by atoms with Crippen molar-refractivity contribution < 1.29 is 4.74 Å². The monoisotopic (exact) mass is 301 g/mol. The van der Waals surface area contributed by atoms with Gasteiger partial charge in [0.25, 0.3) is 0 Å². The second kappa shape index (κ2) is 6.50. The molecule has 0 radical (unpaired) electrons. The lowest BCUT2D eigenvalue weighted by molar-refractivity contribution is 0.399. The van der Waals surface area contributed by atoms with E-state index in [9.17, 15) is 0 Å². The summed E-state index contributed by atoms with van der Waals surface area (Å²) in [4.78, 5) is 0. The minimum absolute atomic E-state index is 0.443. The molecule has 2 aromatic carbocycles. The molecule has 0 spiro atoms. The van der Waals surface area contributed by atoms with Gasteiger partial charge in [0.2, 0.25) is 0 Å². The topological polar surface area (TPSA) is 21.3 Å². The Bertz CT molecular complexity index is 599. The first-order chi connectivity index (χ1) is 10.3. The maximum absolute atomic E-state index is 6.18. The number of nitrogens with one attached hydrogen (secondary N) is 1. The average Bonchev–Trinajstić information content (AvgIpc) is 2.96. The van der Waals surface area contributed by atoms with E-state index in [1.165, 1.54) is 11.1 Å². The van der Waals surface area contributed by atoms with E-state index >= 15 is 0 Å². The van der Waals surface area contributed by atoms with Crippen molar-refractivity contribution in [2.24, 2.45) is 5.92 Å². The van der Waals surface area contributed by atoms with Crippen molar-refractivity contribution in [3.05, 3.63) is 64.7 Å². The Hall–Kier alpha value is -1.51. The van der Waals surface area contributed by atoms with Crippen LogP contribution in [0.15, 0.2) is 48.5 Å². The first-order valence-corrected chi connectivity index (χ1v) is 7.74. The fourth-order valence-corrected chi connectivity index (χ4v) is 3.40. The Morgan fingerprint density at radius 2 is 1.95 bits per heavy atom. The van der Waals surface area contributed by atoms with Crippen LogP contribution in [0.2, 0.25) is 5.02 Å². The fourth-order valence-electron chi connectivity index (χ4n) is 3.22. The van der Waals surface area contributed by atoms with Crippen LogP contribution in [-0.4, -0.2) is 20.2 Å². The molecule has 1 fully saturated rings. The third-order valence-corrected chi connectivity index (χ3v) is 4.51. The quantitative estimate of drug-likeness (QED) is 0.925. The lowest BCUT2D eigenvalue weighted by Crippen LogP contribution is -2.14. The van der Waals surface area contributed by atoms with Crippen molar-refractivity contribution in [2.45, 2.75) is 12.3 Å². The summed E-state index contributed by atoms with van der Waals surface area (Å²) in [5.74, 6) is 1.95. The molecule has 21 heavy (non-hydrogen) atoms. The Kier molecular flexibility index (Phi) is 4.47. The number of rotatable bonds is 4. The molecule has 2 unspecified atom stereocenters. The van der Waals surface area contributed by atoms with Crippen LogP contribution >= 0.6 is 11.6 Å². The van der Waals surface area contributed by atoms with Gasteiger partial charge in [0.15, 0.2) is 0 Å². The van der Waals surface area contributed by atoms with Gasteiger partial charge in [0, 0.05) is 23.0 Å². The van der Waals surface area contributed by atoms with Crippen LogP contribution in [-0.2, 0) is 6.42 Å². The van der Waals surface area contributed by atoms with Crippen molar-refractivity contribution >= 4 is 11.6 Å². The smallest absolute Gasteiger partial charge is 0.122 e. The van der Waals surface area contributed by atoms with Gasteiger partial charge in [-0.05, 0) is 42.6 Å². The summed E-state index contributed by atoms with van der Waals surface area (Å²) >= 11 is 6.18. The number of halogens is 1. The first-order valence-electron chi connectivity index (χ1n) is 7.36. The summed E-state index contributed by atoms with van der Waals surface area (Å²) in [5.41, 5.74) is 2.60. The second-order valence-electron chi connectivity index (χ2n) is 5.60. The van der Waals surface area contributed by atoms with Crippen molar-refractivity contribution in [3.63, 3.8) is 0 Å². The molecule has 1 aliphatic heterocycles. The molecule has 2 aromatic rings. The van der Waals surface area contributed by atoms with Crippen LogP contribution in [0.5, 0.6) is 5.75 Å². The molecule has 1 saturated heterocycles. The van der Waals surface area contributed by atoms with E-state index < -0.39 is 0 Å². The van der Waals surface area contributed by atoms with E-state index in [0.29, 0.717) is 11.8 Å². The van der Waals surface area contributed by atoms with Crippen LogP contribution in [0.1, 0.15) is 17.0 Å². The number of hydrogen-bond acceptors (Lipinski definition) is 2. The van der Waals surface area contributed by atoms with Crippen molar-refractivity contribution in [2.75, 3.05) is 20.2 Å². The fraction of sp³-hybridized carbons (Fsp3) is 0.333. The van der Waals surface area contributed by atoms with Gasteiger partial charge in [-0.1, -0.05) is 41.9 Å². The summed E-state index contributed by atoms with van der Waals surface area (Å²) in [5, 5.41) is 4.29. The zero-order chi connectivity index (χ0) is 14.7. The van der Waals surface area contributed by atoms with E-state index in [0.717, 1.165) is 30.3 Å². The maximum Gasteiger partial charge on any atom is 0.122 e. The molecule has 3 rings (SSSR count). The summed E-state index contributed by atoms with van der Waals surface area (Å²) < 4.78 is 5.52. The molecule has 1 N–H and O–H groups in total. The Balaban J connectivity index is 1.85. The Labute approximate surface area is 131 Å². The van der Waals surface area contributed by atoms with Crippen molar-refractivity contribution in [1.29, 1.82) is 0 Å². The van der Waals surface area contributed by atoms with Crippen molar-refractivity contribution in [1.82, 2.24) is 5.32 Å². The van der Waals surface area contributed by atoms with Crippen LogP contribution < -0.4 is 10.1 Å². The minimum atomic E-state index is 0.443. The van der Waals surface area contributed by atoms with E-state index in [4.69, 9.17) is 16.3 Å². The predicted molar refractivity (Wildman–Crippen MR) is 87.3 cm³/mol. The van der Waals surface area contributed by atoms with E-state index in [1.54, 1.807) is 7.11 Å². The largest absolute Gasteiger partial charge is 0.496 e. The standard InChI is InChI=1S/C18H20ClNO/c1-21-18-8-7-15(19)10-16(18)17-12-20-11-14(17)9-13-5-3-2-4-6-13/h2-8,10,14,17,20H,9,11-12H2,1H3. The highest BCUT2D eigenvalue weighted by molar-refractivity contribution is 6.30. The Morgan fingerprint density at radius 1 is 1.14 bits per heavy atom. The highest BCUT2D eigenvalue weighted by Gasteiger charge is 2.30. The third-order valence-electron chi connectivity index (χ3n) is 4.27. The Morgan fingerprint density at radius 3 is 2.71 bits per heavy atom. The molecule has 0 bridgehead atoms. The normalized spacial score (nSPS) is 21.4. The van der Waals surface area contributed by atoms with Crippen LogP contribution in [0.4, 0.5) is 0 Å². The molecule has 1 heterocycles. The van der Waals surface area contributed by atoms with Gasteiger partial charge in [-0.3, -0.25) is 0 Å². The first kappa shape index (κ1) is 14.4. The summed E-state index contributed by atoms with van der Waals surface area (Å²) in [7, 11) is 1.72. The van der Waals surface area contributed by atoms with Gasteiger partial charge in [0.05, 0.1) is 7.11 Å². The molecule has 0 saturated carbocycles. The number of methoxy groups -OCH3 is 1. The van der Waals surface area contributed by atoms with E-state index in [1.807, 2.05) is 12.1 Å². The maximum atomic E-state index is 6.18. The van der Waals surface area contributed by atoms with Crippen LogP contribution in [0.25, 0.3) is 0 Å². The van der Waals surface area contributed by atoms with Gasteiger partial charge in [-0.25, -0.2) is 0 Å².